The average molecular weight is 374 g/mol. The number of carbonyl (C=O) groups excluding carboxylic acids is 1. The lowest BCUT2D eigenvalue weighted by Crippen LogP contribution is -2.40. The molecule has 0 bridgehead atoms. The number of halogens is 2. The van der Waals surface area contributed by atoms with Crippen LogP contribution in [0.3, 0.4) is 0 Å². The lowest BCUT2D eigenvalue weighted by molar-refractivity contribution is 0.00276. The van der Waals surface area contributed by atoms with E-state index in [1.165, 1.54) is 6.42 Å². The zero-order valence-electron chi connectivity index (χ0n) is 14.3. The van der Waals surface area contributed by atoms with Crippen LogP contribution in [0.15, 0.2) is 18.2 Å². The Kier molecular flexibility index (Phi) is 7.05. The SMILES string of the molecule is CC(C)(CCCOc1ccc(Cl)c(Cl)c1)OC(=O)N1CCCCC1. The Labute approximate surface area is 154 Å². The molecule has 1 aromatic carbocycles. The third kappa shape index (κ3) is 6.06. The first-order chi connectivity index (χ1) is 11.4. The van der Waals surface area contributed by atoms with Crippen molar-refractivity contribution in [3.05, 3.63) is 28.2 Å². The van der Waals surface area contributed by atoms with Crippen molar-refractivity contribution < 1.29 is 14.3 Å². The molecule has 1 amide bonds. The molecule has 0 N–H and O–H groups in total. The van der Waals surface area contributed by atoms with Crippen LogP contribution in [0, 0.1) is 0 Å². The van der Waals surface area contributed by atoms with Gasteiger partial charge in [0.15, 0.2) is 0 Å². The minimum absolute atomic E-state index is 0.204. The molecule has 2 rings (SSSR count). The van der Waals surface area contributed by atoms with E-state index in [0.717, 1.165) is 38.8 Å². The van der Waals surface area contributed by atoms with Gasteiger partial charge in [-0.3, -0.25) is 0 Å². The largest absolute Gasteiger partial charge is 0.494 e. The fraction of sp³-hybridized carbons (Fsp3) is 0.611. The number of carbonyl (C=O) groups is 1. The Morgan fingerprint density at radius 3 is 2.54 bits per heavy atom. The van der Waals surface area contributed by atoms with E-state index in [1.807, 2.05) is 13.8 Å². The van der Waals surface area contributed by atoms with Crippen molar-refractivity contribution in [1.29, 1.82) is 0 Å². The molecule has 1 heterocycles. The molecular formula is C18H25Cl2NO3. The first-order valence-electron chi connectivity index (χ1n) is 8.43. The number of hydrogen-bond acceptors (Lipinski definition) is 3. The molecule has 24 heavy (non-hydrogen) atoms. The van der Waals surface area contributed by atoms with E-state index in [4.69, 9.17) is 32.7 Å². The monoisotopic (exact) mass is 373 g/mol. The number of rotatable bonds is 6. The van der Waals surface area contributed by atoms with Gasteiger partial charge < -0.3 is 14.4 Å². The maximum atomic E-state index is 12.2. The Bertz CT molecular complexity index is 557. The van der Waals surface area contributed by atoms with Crippen LogP contribution < -0.4 is 4.74 Å². The summed E-state index contributed by atoms with van der Waals surface area (Å²) in [5.41, 5.74) is -0.504. The topological polar surface area (TPSA) is 38.8 Å². The predicted molar refractivity (Wildman–Crippen MR) is 97.2 cm³/mol. The average Bonchev–Trinajstić information content (AvgIpc) is 2.55. The van der Waals surface area contributed by atoms with Crippen LogP contribution in [-0.2, 0) is 4.74 Å². The van der Waals surface area contributed by atoms with Crippen molar-refractivity contribution in [2.24, 2.45) is 0 Å². The second kappa shape index (κ2) is 8.82. The summed E-state index contributed by atoms with van der Waals surface area (Å²) in [4.78, 5) is 14.0. The second-order valence-electron chi connectivity index (χ2n) is 6.70. The van der Waals surface area contributed by atoms with Crippen LogP contribution in [0.25, 0.3) is 0 Å². The van der Waals surface area contributed by atoms with Crippen molar-refractivity contribution in [2.45, 2.75) is 51.6 Å². The molecule has 1 aliphatic heterocycles. The summed E-state index contributed by atoms with van der Waals surface area (Å²) < 4.78 is 11.3. The highest BCUT2D eigenvalue weighted by molar-refractivity contribution is 6.42. The number of benzene rings is 1. The predicted octanol–water partition coefficient (Wildman–Crippen LogP) is 5.55. The molecular weight excluding hydrogens is 349 g/mol. The molecule has 0 atom stereocenters. The van der Waals surface area contributed by atoms with Gasteiger partial charge in [-0.2, -0.15) is 0 Å². The van der Waals surface area contributed by atoms with E-state index < -0.39 is 5.60 Å². The van der Waals surface area contributed by atoms with Crippen molar-refractivity contribution in [2.75, 3.05) is 19.7 Å². The second-order valence-corrected chi connectivity index (χ2v) is 7.52. The number of amides is 1. The number of ether oxygens (including phenoxy) is 2. The Morgan fingerprint density at radius 1 is 1.17 bits per heavy atom. The van der Waals surface area contributed by atoms with Gasteiger partial charge in [-0.15, -0.1) is 0 Å². The van der Waals surface area contributed by atoms with E-state index in [0.29, 0.717) is 22.4 Å². The summed E-state index contributed by atoms with van der Waals surface area (Å²) >= 11 is 11.8. The van der Waals surface area contributed by atoms with Crippen molar-refractivity contribution in [3.63, 3.8) is 0 Å². The van der Waals surface area contributed by atoms with Crippen LogP contribution in [0.1, 0.15) is 46.0 Å². The van der Waals surface area contributed by atoms with E-state index in [1.54, 1.807) is 23.1 Å². The molecule has 134 valence electrons. The van der Waals surface area contributed by atoms with Gasteiger partial charge in [-0.25, -0.2) is 4.79 Å². The van der Waals surface area contributed by atoms with Crippen LogP contribution in [0.4, 0.5) is 4.79 Å². The Morgan fingerprint density at radius 2 is 1.88 bits per heavy atom. The van der Waals surface area contributed by atoms with Crippen molar-refractivity contribution in [3.8, 4) is 5.75 Å². The van der Waals surface area contributed by atoms with E-state index in [2.05, 4.69) is 0 Å². The maximum absolute atomic E-state index is 12.2. The van der Waals surface area contributed by atoms with E-state index >= 15 is 0 Å². The normalized spacial score (nSPS) is 15.2. The molecule has 6 heteroatoms. The van der Waals surface area contributed by atoms with Gasteiger partial charge in [0.25, 0.3) is 0 Å². The summed E-state index contributed by atoms with van der Waals surface area (Å²) in [7, 11) is 0. The zero-order chi connectivity index (χ0) is 17.6. The summed E-state index contributed by atoms with van der Waals surface area (Å²) in [6.45, 7) is 6.01. The van der Waals surface area contributed by atoms with Crippen molar-refractivity contribution in [1.82, 2.24) is 4.90 Å². The fourth-order valence-electron chi connectivity index (χ4n) is 2.68. The smallest absolute Gasteiger partial charge is 0.410 e. The highest BCUT2D eigenvalue weighted by Gasteiger charge is 2.26. The van der Waals surface area contributed by atoms with Gasteiger partial charge in [0.05, 0.1) is 16.7 Å². The number of hydrogen-bond donors (Lipinski definition) is 0. The summed E-state index contributed by atoms with van der Waals surface area (Å²) in [6.07, 6.45) is 4.62. The zero-order valence-corrected chi connectivity index (χ0v) is 15.8. The van der Waals surface area contributed by atoms with Gasteiger partial charge in [0.2, 0.25) is 0 Å². The first-order valence-corrected chi connectivity index (χ1v) is 9.19. The molecule has 4 nitrogen and oxygen atoms in total. The van der Waals surface area contributed by atoms with Gasteiger partial charge >= 0.3 is 6.09 Å². The summed E-state index contributed by atoms with van der Waals surface area (Å²) in [5.74, 6) is 0.688. The standard InChI is InChI=1S/C18H25Cl2NO3/c1-18(2,24-17(22)21-10-4-3-5-11-21)9-6-12-23-14-7-8-15(19)16(20)13-14/h7-8,13H,3-6,9-12H2,1-2H3. The molecule has 0 unspecified atom stereocenters. The number of likely N-dealkylation sites (tertiary alicyclic amines) is 1. The highest BCUT2D eigenvalue weighted by Crippen LogP contribution is 2.27. The van der Waals surface area contributed by atoms with Crippen LogP contribution >= 0.6 is 23.2 Å². The van der Waals surface area contributed by atoms with E-state index in [-0.39, 0.29) is 6.09 Å². The molecule has 1 saturated heterocycles. The summed E-state index contributed by atoms with van der Waals surface area (Å²) in [6, 6.07) is 5.20. The minimum Gasteiger partial charge on any atom is -0.494 e. The Balaban J connectivity index is 1.71. The quantitative estimate of drug-likeness (QED) is 0.613. The van der Waals surface area contributed by atoms with Gasteiger partial charge in [-0.1, -0.05) is 23.2 Å². The lowest BCUT2D eigenvalue weighted by Gasteiger charge is -2.31. The molecule has 0 radical (unpaired) electrons. The van der Waals surface area contributed by atoms with E-state index in [9.17, 15) is 4.79 Å². The molecule has 0 saturated carbocycles. The molecule has 0 aromatic heterocycles. The third-order valence-electron chi connectivity index (χ3n) is 4.06. The molecule has 1 aromatic rings. The first kappa shape index (κ1) is 19.2. The van der Waals surface area contributed by atoms with Gasteiger partial charge in [-0.05, 0) is 58.1 Å². The summed E-state index contributed by atoms with van der Waals surface area (Å²) in [5, 5.41) is 0.986. The third-order valence-corrected chi connectivity index (χ3v) is 4.80. The number of nitrogens with zero attached hydrogens (tertiary/aromatic N) is 1. The minimum atomic E-state index is -0.504. The maximum Gasteiger partial charge on any atom is 0.410 e. The van der Waals surface area contributed by atoms with Crippen LogP contribution in [0.5, 0.6) is 5.75 Å². The highest BCUT2D eigenvalue weighted by atomic mass is 35.5. The molecule has 0 aliphatic carbocycles. The van der Waals surface area contributed by atoms with Crippen LogP contribution in [-0.4, -0.2) is 36.3 Å². The van der Waals surface area contributed by atoms with Gasteiger partial charge in [0, 0.05) is 19.2 Å². The fourth-order valence-corrected chi connectivity index (χ4v) is 2.97. The Hall–Kier alpha value is -1.13. The van der Waals surface area contributed by atoms with Crippen LogP contribution in [0.2, 0.25) is 10.0 Å². The molecule has 0 spiro atoms. The lowest BCUT2D eigenvalue weighted by atomic mass is 10.0. The molecule has 1 fully saturated rings. The van der Waals surface area contributed by atoms with Gasteiger partial charge in [0.1, 0.15) is 11.4 Å². The van der Waals surface area contributed by atoms with Crippen molar-refractivity contribution >= 4 is 29.3 Å². The molecule has 1 aliphatic rings. The number of piperidine rings is 1.